The number of hydrogen-bond donors (Lipinski definition) is 2. The Balaban J connectivity index is 0.000000301. The van der Waals surface area contributed by atoms with Crippen LogP contribution >= 0.6 is 0 Å². The van der Waals surface area contributed by atoms with Gasteiger partial charge in [-0.3, -0.25) is 9.69 Å². The van der Waals surface area contributed by atoms with Crippen LogP contribution in [0.2, 0.25) is 0 Å². The number of carbonyl (C=O) groups excluding carboxylic acids is 1. The quantitative estimate of drug-likeness (QED) is 0.527. The van der Waals surface area contributed by atoms with Crippen LogP contribution in [0.15, 0.2) is 23.0 Å². The molecular weight excluding hydrogens is 528 g/mol. The van der Waals surface area contributed by atoms with Crippen LogP contribution in [0.3, 0.4) is 0 Å². The number of carboxylic acid groups (broad SMARTS) is 2. The van der Waals surface area contributed by atoms with Crippen LogP contribution in [-0.4, -0.2) is 99.9 Å². The second kappa shape index (κ2) is 13.3. The third-order valence-electron chi connectivity index (χ3n) is 6.77. The maximum Gasteiger partial charge on any atom is 0.490 e. The first-order chi connectivity index (χ1) is 17.6. The molecule has 15 heteroatoms. The molecule has 0 aliphatic carbocycles. The summed E-state index contributed by atoms with van der Waals surface area (Å²) in [6.45, 7) is 7.56. The number of hydrogen-bond acceptors (Lipinski definition) is 6. The van der Waals surface area contributed by atoms with E-state index in [2.05, 4.69) is 14.7 Å². The molecule has 0 unspecified atom stereocenters. The molecule has 0 aromatic carbocycles. The number of halogens is 6. The zero-order chi connectivity index (χ0) is 28.6. The highest BCUT2D eigenvalue weighted by Gasteiger charge is 2.46. The van der Waals surface area contributed by atoms with E-state index < -0.39 is 24.3 Å². The summed E-state index contributed by atoms with van der Waals surface area (Å²) >= 11 is 0. The number of alkyl halides is 6. The number of carboxylic acids is 2. The van der Waals surface area contributed by atoms with E-state index in [4.69, 9.17) is 24.2 Å². The molecule has 1 aromatic heterocycles. The van der Waals surface area contributed by atoms with Crippen LogP contribution in [0.25, 0.3) is 0 Å². The van der Waals surface area contributed by atoms with Gasteiger partial charge in [-0.15, -0.1) is 0 Å². The lowest BCUT2D eigenvalue weighted by atomic mass is 9.85. The van der Waals surface area contributed by atoms with Crippen molar-refractivity contribution < 1.29 is 55.4 Å². The number of aliphatic carboxylic acids is 2. The van der Waals surface area contributed by atoms with Crippen LogP contribution < -0.4 is 0 Å². The highest BCUT2D eigenvalue weighted by Crippen LogP contribution is 2.39. The van der Waals surface area contributed by atoms with E-state index in [9.17, 15) is 31.1 Å². The molecule has 0 bridgehead atoms. The summed E-state index contributed by atoms with van der Waals surface area (Å²) in [6.07, 6.45) is 0.118. The monoisotopic (exact) mass is 559 g/mol. The molecule has 3 fully saturated rings. The third kappa shape index (κ3) is 9.49. The fraction of sp³-hybridized carbons (Fsp3) is 0.696. The number of rotatable bonds is 5. The first-order valence-electron chi connectivity index (χ1n) is 12.0. The van der Waals surface area contributed by atoms with Gasteiger partial charge in [0.1, 0.15) is 0 Å². The largest absolute Gasteiger partial charge is 0.490 e. The van der Waals surface area contributed by atoms with Gasteiger partial charge in [0.25, 0.3) is 0 Å². The Morgan fingerprint density at radius 1 is 0.868 bits per heavy atom. The van der Waals surface area contributed by atoms with Gasteiger partial charge < -0.3 is 24.4 Å². The van der Waals surface area contributed by atoms with Crippen LogP contribution in [0, 0.1) is 0 Å². The predicted molar refractivity (Wildman–Crippen MR) is 120 cm³/mol. The molecule has 1 amide bonds. The van der Waals surface area contributed by atoms with Crippen molar-refractivity contribution in [3.63, 3.8) is 0 Å². The smallest absolute Gasteiger partial charge is 0.475 e. The van der Waals surface area contributed by atoms with Gasteiger partial charge in [-0.1, -0.05) is 0 Å². The van der Waals surface area contributed by atoms with E-state index in [0.29, 0.717) is 5.91 Å². The Kier molecular flexibility index (Phi) is 11.0. The molecule has 4 heterocycles. The second-order valence-corrected chi connectivity index (χ2v) is 9.33. The third-order valence-corrected chi connectivity index (χ3v) is 6.77. The highest BCUT2D eigenvalue weighted by molar-refractivity contribution is 5.79. The van der Waals surface area contributed by atoms with E-state index in [1.807, 2.05) is 12.3 Å². The van der Waals surface area contributed by atoms with E-state index >= 15 is 0 Å². The van der Waals surface area contributed by atoms with Gasteiger partial charge in [0.05, 0.1) is 12.5 Å². The van der Waals surface area contributed by atoms with E-state index in [-0.39, 0.29) is 5.54 Å². The minimum absolute atomic E-state index is 0.143. The van der Waals surface area contributed by atoms with Gasteiger partial charge in [0.2, 0.25) is 5.91 Å². The minimum atomic E-state index is -5.08. The van der Waals surface area contributed by atoms with Crippen molar-refractivity contribution in [2.24, 2.45) is 0 Å². The Labute approximate surface area is 214 Å². The fourth-order valence-corrected chi connectivity index (χ4v) is 4.77. The molecule has 0 saturated carbocycles. The lowest BCUT2D eigenvalue weighted by Crippen LogP contribution is -2.54. The normalized spacial score (nSPS) is 20.1. The number of piperidine rings is 1. The molecule has 38 heavy (non-hydrogen) atoms. The number of nitrogens with zero attached hydrogens (tertiary/aromatic N) is 3. The zero-order valence-corrected chi connectivity index (χ0v) is 20.6. The number of carbonyl (C=O) groups is 3. The minimum Gasteiger partial charge on any atom is -0.475 e. The Hall–Kier alpha value is -2.81. The van der Waals surface area contributed by atoms with Crippen molar-refractivity contribution in [2.75, 3.05) is 39.3 Å². The summed E-state index contributed by atoms with van der Waals surface area (Å²) in [6, 6.07) is 2.05. The lowest BCUT2D eigenvalue weighted by Gasteiger charge is -2.45. The molecule has 9 nitrogen and oxygen atoms in total. The molecule has 3 aliphatic heterocycles. The lowest BCUT2D eigenvalue weighted by molar-refractivity contribution is -0.193. The van der Waals surface area contributed by atoms with E-state index in [0.717, 1.165) is 58.4 Å². The fourth-order valence-electron chi connectivity index (χ4n) is 4.77. The standard InChI is InChI=1S/C19H29N3O2.2C2HF3O2/c23-18-3-5-19(22(18)13-12-20-8-1-2-9-20)6-10-21(11-7-19)15-17-4-14-24-16-17;2*3-2(4,5)1(6)7/h4,14,16H,1-3,5-13,15H2;2*(H,6,7). The Morgan fingerprint density at radius 2 is 1.39 bits per heavy atom. The summed E-state index contributed by atoms with van der Waals surface area (Å²) in [7, 11) is 0. The Bertz CT molecular complexity index is 884. The first kappa shape index (κ1) is 31.4. The van der Waals surface area contributed by atoms with Gasteiger partial charge in [-0.25, -0.2) is 9.59 Å². The van der Waals surface area contributed by atoms with Crippen LogP contribution in [0.4, 0.5) is 26.3 Å². The van der Waals surface area contributed by atoms with Crippen LogP contribution in [0.1, 0.15) is 44.1 Å². The highest BCUT2D eigenvalue weighted by atomic mass is 19.4. The number of likely N-dealkylation sites (tertiary alicyclic amines) is 3. The van der Waals surface area contributed by atoms with Crippen molar-refractivity contribution in [3.8, 4) is 0 Å². The maximum absolute atomic E-state index is 12.5. The summed E-state index contributed by atoms with van der Waals surface area (Å²) in [5.41, 5.74) is 1.39. The molecule has 1 aromatic rings. The maximum atomic E-state index is 12.5. The summed E-state index contributed by atoms with van der Waals surface area (Å²) < 4.78 is 68.6. The van der Waals surface area contributed by atoms with Crippen molar-refractivity contribution in [3.05, 3.63) is 24.2 Å². The van der Waals surface area contributed by atoms with Crippen molar-refractivity contribution >= 4 is 17.8 Å². The van der Waals surface area contributed by atoms with Gasteiger partial charge in [-0.05, 0) is 51.3 Å². The van der Waals surface area contributed by atoms with Gasteiger partial charge >= 0.3 is 24.3 Å². The SMILES string of the molecule is O=C(O)C(F)(F)F.O=C(O)C(F)(F)F.O=C1CCC2(CCN(Cc3ccoc3)CC2)N1CCN1CCCC1. The van der Waals surface area contributed by atoms with Crippen molar-refractivity contribution in [1.82, 2.24) is 14.7 Å². The number of amides is 1. The molecule has 3 aliphatic rings. The molecule has 1 spiro atoms. The van der Waals surface area contributed by atoms with Crippen LogP contribution in [-0.2, 0) is 20.9 Å². The van der Waals surface area contributed by atoms with Crippen molar-refractivity contribution in [1.29, 1.82) is 0 Å². The number of furan rings is 1. The topological polar surface area (TPSA) is 115 Å². The molecule has 3 saturated heterocycles. The van der Waals surface area contributed by atoms with E-state index in [1.165, 1.54) is 31.5 Å². The van der Waals surface area contributed by atoms with Gasteiger partial charge in [0.15, 0.2) is 0 Å². The summed E-state index contributed by atoms with van der Waals surface area (Å²) in [5, 5.41) is 14.2. The zero-order valence-electron chi connectivity index (χ0n) is 20.6. The molecule has 2 N–H and O–H groups in total. The first-order valence-corrected chi connectivity index (χ1v) is 12.0. The summed E-state index contributed by atoms with van der Waals surface area (Å²) in [4.78, 5) is 37.5. The summed E-state index contributed by atoms with van der Waals surface area (Å²) in [5.74, 6) is -5.13. The van der Waals surface area contributed by atoms with Gasteiger partial charge in [-0.2, -0.15) is 26.3 Å². The molecule has 0 atom stereocenters. The van der Waals surface area contributed by atoms with Crippen molar-refractivity contribution in [2.45, 2.75) is 63.0 Å². The van der Waals surface area contributed by atoms with Crippen LogP contribution in [0.5, 0.6) is 0 Å². The Morgan fingerprint density at radius 3 is 1.84 bits per heavy atom. The van der Waals surface area contributed by atoms with Gasteiger partial charge in [0, 0.05) is 50.2 Å². The predicted octanol–water partition coefficient (Wildman–Crippen LogP) is 3.60. The molecular formula is C23H31F6N3O6. The molecule has 4 rings (SSSR count). The molecule has 0 radical (unpaired) electrons. The average molecular weight is 560 g/mol. The average Bonchev–Trinajstić information content (AvgIpc) is 3.58. The molecule has 216 valence electrons. The second-order valence-electron chi connectivity index (χ2n) is 9.33. The van der Waals surface area contributed by atoms with E-state index in [1.54, 1.807) is 6.26 Å².